The van der Waals surface area contributed by atoms with Gasteiger partial charge in [0.15, 0.2) is 11.8 Å². The zero-order valence-corrected chi connectivity index (χ0v) is 13.2. The van der Waals surface area contributed by atoms with Crippen LogP contribution >= 0.6 is 11.3 Å². The van der Waals surface area contributed by atoms with Gasteiger partial charge in [-0.3, -0.25) is 0 Å². The lowest BCUT2D eigenvalue weighted by Gasteiger charge is -2.13. The van der Waals surface area contributed by atoms with Crippen molar-refractivity contribution in [2.45, 2.75) is 32.2 Å². The Hall–Kier alpha value is -1.35. The van der Waals surface area contributed by atoms with Crippen LogP contribution in [0, 0.1) is 12.8 Å². The minimum Gasteiger partial charge on any atom is -0.347 e. The van der Waals surface area contributed by atoms with E-state index in [4.69, 9.17) is 0 Å². The summed E-state index contributed by atoms with van der Waals surface area (Å²) < 4.78 is 2.47. The number of rotatable bonds is 2. The third kappa shape index (κ3) is 1.87. The van der Waals surface area contributed by atoms with Gasteiger partial charge in [0.2, 0.25) is 0 Å². The zero-order valence-electron chi connectivity index (χ0n) is 12.4. The van der Waals surface area contributed by atoms with Crippen molar-refractivity contribution < 1.29 is 4.58 Å². The molecule has 0 bridgehead atoms. The lowest BCUT2D eigenvalue weighted by atomic mass is 10.2. The molecule has 1 aromatic rings. The maximum atomic E-state index is 2.47. The first-order valence-electron chi connectivity index (χ1n) is 7.42. The molecule has 3 heterocycles. The molecular weight excluding hydrogens is 264 g/mol. The average molecular weight is 285 g/mol. The van der Waals surface area contributed by atoms with Gasteiger partial charge in [-0.15, -0.1) is 11.3 Å². The summed E-state index contributed by atoms with van der Waals surface area (Å²) in [6, 6.07) is 3.16. The largest absolute Gasteiger partial charge is 0.347 e. The van der Waals surface area contributed by atoms with E-state index >= 15 is 0 Å². The smallest absolute Gasteiger partial charge is 0.176 e. The van der Waals surface area contributed by atoms with Gasteiger partial charge in [-0.25, -0.2) is 4.58 Å². The lowest BCUT2D eigenvalue weighted by Crippen LogP contribution is -2.12. The molecule has 0 saturated heterocycles. The van der Waals surface area contributed by atoms with E-state index in [9.17, 15) is 0 Å². The number of hydrogen-bond donors (Lipinski definition) is 0. The maximum absolute atomic E-state index is 2.47. The zero-order chi connectivity index (χ0) is 13.9. The van der Waals surface area contributed by atoms with Crippen molar-refractivity contribution >= 4 is 22.7 Å². The van der Waals surface area contributed by atoms with Gasteiger partial charge in [0.25, 0.3) is 0 Å². The summed E-state index contributed by atoms with van der Waals surface area (Å²) in [6.45, 7) is 2.19. The van der Waals surface area contributed by atoms with Crippen LogP contribution in [0.25, 0.3) is 0 Å². The number of anilines is 1. The van der Waals surface area contributed by atoms with Crippen LogP contribution in [-0.4, -0.2) is 30.4 Å². The number of nitrogens with zero attached hydrogens (tertiary/aromatic N) is 2. The molecule has 2 aliphatic heterocycles. The molecule has 0 N–H and O–H groups in total. The SMILES string of the molecule is Cc1cc2c(s1)CC(=CC=CC1=[N+](C)C3CC3C1)N2C. The molecule has 0 amide bonds. The molecule has 4 rings (SSSR count). The minimum atomic E-state index is 0.853. The number of aryl methyl sites for hydroxylation is 1. The third-order valence-corrected chi connectivity index (χ3v) is 5.97. The van der Waals surface area contributed by atoms with Crippen molar-refractivity contribution in [3.05, 3.63) is 39.7 Å². The molecule has 1 fully saturated rings. The van der Waals surface area contributed by atoms with Gasteiger partial charge in [-0.2, -0.15) is 0 Å². The topological polar surface area (TPSA) is 6.25 Å². The fourth-order valence-corrected chi connectivity index (χ4v) is 4.65. The van der Waals surface area contributed by atoms with Crippen molar-refractivity contribution in [3.63, 3.8) is 0 Å². The first kappa shape index (κ1) is 12.4. The summed E-state index contributed by atoms with van der Waals surface area (Å²) in [4.78, 5) is 5.26. The third-order valence-electron chi connectivity index (χ3n) is 4.93. The van der Waals surface area contributed by atoms with E-state index < -0.39 is 0 Å². The van der Waals surface area contributed by atoms with Crippen molar-refractivity contribution in [1.29, 1.82) is 0 Å². The number of hydrogen-bond acceptors (Lipinski definition) is 2. The van der Waals surface area contributed by atoms with Gasteiger partial charge < -0.3 is 4.90 Å². The van der Waals surface area contributed by atoms with E-state index in [1.807, 2.05) is 11.3 Å². The summed E-state index contributed by atoms with van der Waals surface area (Å²) in [7, 11) is 4.42. The molecule has 1 aromatic heterocycles. The maximum Gasteiger partial charge on any atom is 0.176 e. The molecule has 2 nitrogen and oxygen atoms in total. The van der Waals surface area contributed by atoms with E-state index in [0.29, 0.717) is 0 Å². The van der Waals surface area contributed by atoms with E-state index in [0.717, 1.165) is 18.4 Å². The highest BCUT2D eigenvalue weighted by atomic mass is 32.1. The highest BCUT2D eigenvalue weighted by Gasteiger charge is 2.52. The minimum absolute atomic E-state index is 0.853. The molecule has 3 aliphatic rings. The second-order valence-electron chi connectivity index (χ2n) is 6.29. The first-order chi connectivity index (χ1) is 9.63. The molecule has 1 aliphatic carbocycles. The molecule has 104 valence electrons. The highest BCUT2D eigenvalue weighted by molar-refractivity contribution is 7.12. The Morgan fingerprint density at radius 2 is 2.30 bits per heavy atom. The molecule has 0 aromatic carbocycles. The van der Waals surface area contributed by atoms with E-state index in [-0.39, 0.29) is 0 Å². The Morgan fingerprint density at radius 3 is 3.00 bits per heavy atom. The normalized spacial score (nSPS) is 29.8. The molecular formula is C17H21N2S+. The Kier molecular flexibility index (Phi) is 2.68. The van der Waals surface area contributed by atoms with E-state index in [1.54, 1.807) is 0 Å². The second kappa shape index (κ2) is 4.32. The second-order valence-corrected chi connectivity index (χ2v) is 7.63. The van der Waals surface area contributed by atoms with E-state index in [2.05, 4.69) is 54.8 Å². The highest BCUT2D eigenvalue weighted by Crippen LogP contribution is 2.41. The van der Waals surface area contributed by atoms with Crippen LogP contribution in [0.4, 0.5) is 5.69 Å². The van der Waals surface area contributed by atoms with Crippen LogP contribution in [0.5, 0.6) is 0 Å². The monoisotopic (exact) mass is 285 g/mol. The summed E-state index contributed by atoms with van der Waals surface area (Å²) in [5, 5.41) is 0. The van der Waals surface area contributed by atoms with Crippen molar-refractivity contribution in [2.24, 2.45) is 5.92 Å². The number of fused-ring (bicyclic) bond motifs is 2. The van der Waals surface area contributed by atoms with Crippen LogP contribution in [0.3, 0.4) is 0 Å². The lowest BCUT2D eigenvalue weighted by molar-refractivity contribution is -0.507. The molecule has 3 heteroatoms. The van der Waals surface area contributed by atoms with Crippen molar-refractivity contribution in [2.75, 3.05) is 19.0 Å². The predicted molar refractivity (Wildman–Crippen MR) is 86.1 cm³/mol. The summed E-state index contributed by atoms with van der Waals surface area (Å²) >= 11 is 1.93. The number of likely N-dealkylation sites (N-methyl/N-ethyl adjacent to an activating group) is 1. The van der Waals surface area contributed by atoms with Crippen molar-refractivity contribution in [1.82, 2.24) is 0 Å². The van der Waals surface area contributed by atoms with Gasteiger partial charge >= 0.3 is 0 Å². The van der Waals surface area contributed by atoms with Gasteiger partial charge in [0.05, 0.1) is 5.69 Å². The Balaban J connectivity index is 1.50. The first-order valence-corrected chi connectivity index (χ1v) is 8.24. The molecule has 2 atom stereocenters. The Morgan fingerprint density at radius 1 is 1.45 bits per heavy atom. The Labute approximate surface area is 124 Å². The van der Waals surface area contributed by atoms with Crippen LogP contribution in [0.2, 0.25) is 0 Å². The van der Waals surface area contributed by atoms with Gasteiger partial charge in [-0.1, -0.05) is 6.08 Å². The summed E-state index contributed by atoms with van der Waals surface area (Å²) in [5.74, 6) is 0.955. The van der Waals surface area contributed by atoms with Gasteiger partial charge in [0.1, 0.15) is 7.05 Å². The van der Waals surface area contributed by atoms with Crippen LogP contribution in [-0.2, 0) is 6.42 Å². The average Bonchev–Trinajstić information content (AvgIpc) is 2.88. The summed E-state index contributed by atoms with van der Waals surface area (Å²) in [5.41, 5.74) is 4.32. The van der Waals surface area contributed by atoms with Crippen LogP contribution in [0.15, 0.2) is 30.0 Å². The quantitative estimate of drug-likeness (QED) is 0.755. The molecule has 1 saturated carbocycles. The Bertz CT molecular complexity index is 663. The number of allylic oxidation sites excluding steroid dienone is 4. The standard InChI is InChI=1S/C17H21N2S/c1-11-7-16-17(20-11)10-14(19(16)3)6-4-5-13-8-12-9-15(12)18(13)2/h4-7,12,15H,8-10H2,1-3H3/q+1. The van der Waals surface area contributed by atoms with Crippen molar-refractivity contribution in [3.8, 4) is 0 Å². The van der Waals surface area contributed by atoms with Gasteiger partial charge in [-0.05, 0) is 19.1 Å². The van der Waals surface area contributed by atoms with E-state index in [1.165, 1.54) is 39.7 Å². The molecule has 20 heavy (non-hydrogen) atoms. The molecule has 2 unspecified atom stereocenters. The molecule has 0 radical (unpaired) electrons. The number of thiophene rings is 1. The van der Waals surface area contributed by atoms with Crippen LogP contribution < -0.4 is 4.90 Å². The van der Waals surface area contributed by atoms with Crippen LogP contribution in [0.1, 0.15) is 22.6 Å². The predicted octanol–water partition coefficient (Wildman–Crippen LogP) is 3.36. The fraction of sp³-hybridized carbons (Fsp3) is 0.471. The fourth-order valence-electron chi connectivity index (χ4n) is 3.57. The summed E-state index contributed by atoms with van der Waals surface area (Å²) in [6.07, 6.45) is 10.6. The molecule has 0 spiro atoms. The van der Waals surface area contributed by atoms with Gasteiger partial charge in [0, 0.05) is 53.8 Å².